The maximum Gasteiger partial charge on any atom is 0.119 e. The molecule has 1 atom stereocenters. The van der Waals surface area contributed by atoms with Gasteiger partial charge in [0, 0.05) is 11.3 Å². The van der Waals surface area contributed by atoms with E-state index < -0.39 is 0 Å². The molecule has 1 aromatic carbocycles. The number of benzene rings is 1. The van der Waals surface area contributed by atoms with Gasteiger partial charge in [-0.3, -0.25) is 0 Å². The van der Waals surface area contributed by atoms with Crippen LogP contribution in [0.5, 0.6) is 5.75 Å². The molecule has 3 heteroatoms. The van der Waals surface area contributed by atoms with Gasteiger partial charge in [0.15, 0.2) is 0 Å². The van der Waals surface area contributed by atoms with Crippen molar-refractivity contribution in [2.75, 3.05) is 6.61 Å². The van der Waals surface area contributed by atoms with Crippen LogP contribution >= 0.6 is 11.3 Å². The van der Waals surface area contributed by atoms with E-state index >= 15 is 0 Å². The highest BCUT2D eigenvalue weighted by molar-refractivity contribution is 7.07. The molecule has 0 spiro atoms. The Hall–Kier alpha value is -1.35. The molecule has 15 heavy (non-hydrogen) atoms. The fourth-order valence-corrected chi connectivity index (χ4v) is 1.96. The first-order chi connectivity index (χ1) is 7.36. The van der Waals surface area contributed by atoms with Gasteiger partial charge in [-0.2, -0.15) is 0 Å². The van der Waals surface area contributed by atoms with Gasteiger partial charge in [0.05, 0.1) is 17.8 Å². The van der Waals surface area contributed by atoms with E-state index in [0.29, 0.717) is 12.5 Å². The van der Waals surface area contributed by atoms with Crippen LogP contribution in [0.25, 0.3) is 0 Å². The Morgan fingerprint density at radius 2 is 2.13 bits per heavy atom. The monoisotopic (exact) mass is 219 g/mol. The Morgan fingerprint density at radius 3 is 2.80 bits per heavy atom. The van der Waals surface area contributed by atoms with Gasteiger partial charge in [-0.1, -0.05) is 25.1 Å². The molecule has 1 heterocycles. The maximum absolute atomic E-state index is 5.66. The van der Waals surface area contributed by atoms with Gasteiger partial charge in [0.25, 0.3) is 0 Å². The van der Waals surface area contributed by atoms with Gasteiger partial charge in [-0.15, -0.1) is 11.3 Å². The number of hydrogen-bond donors (Lipinski definition) is 0. The average Bonchev–Trinajstić information content (AvgIpc) is 2.81. The second-order valence-corrected chi connectivity index (χ2v) is 4.16. The van der Waals surface area contributed by atoms with Crippen LogP contribution in [0.3, 0.4) is 0 Å². The molecule has 0 aliphatic heterocycles. The summed E-state index contributed by atoms with van der Waals surface area (Å²) >= 11 is 1.62. The summed E-state index contributed by atoms with van der Waals surface area (Å²) in [6, 6.07) is 9.87. The average molecular weight is 219 g/mol. The first kappa shape index (κ1) is 10.2. The molecule has 0 saturated carbocycles. The molecule has 0 fully saturated rings. The van der Waals surface area contributed by atoms with Crippen molar-refractivity contribution in [3.63, 3.8) is 0 Å². The van der Waals surface area contributed by atoms with Gasteiger partial charge >= 0.3 is 0 Å². The number of aromatic nitrogens is 1. The summed E-state index contributed by atoms with van der Waals surface area (Å²) in [5.41, 5.74) is 2.96. The number of rotatable bonds is 4. The lowest BCUT2D eigenvalue weighted by Gasteiger charge is -2.10. The van der Waals surface area contributed by atoms with Crippen LogP contribution in [0.1, 0.15) is 18.5 Å². The summed E-state index contributed by atoms with van der Waals surface area (Å²) in [4.78, 5) is 4.27. The number of ether oxygens (including phenoxy) is 1. The molecule has 0 aliphatic rings. The van der Waals surface area contributed by atoms with Crippen molar-refractivity contribution in [3.05, 3.63) is 46.9 Å². The Morgan fingerprint density at radius 1 is 1.33 bits per heavy atom. The summed E-state index contributed by atoms with van der Waals surface area (Å²) in [5.74, 6) is 1.26. The molecular weight excluding hydrogens is 206 g/mol. The molecule has 0 amide bonds. The van der Waals surface area contributed by atoms with Crippen molar-refractivity contribution in [1.82, 2.24) is 4.98 Å². The smallest absolute Gasteiger partial charge is 0.119 e. The van der Waals surface area contributed by atoms with Gasteiger partial charge in [-0.05, 0) is 12.1 Å². The molecule has 0 aliphatic carbocycles. The van der Waals surface area contributed by atoms with Gasteiger partial charge < -0.3 is 4.74 Å². The van der Waals surface area contributed by atoms with Gasteiger partial charge in [0.2, 0.25) is 0 Å². The van der Waals surface area contributed by atoms with E-state index in [4.69, 9.17) is 4.74 Å². The van der Waals surface area contributed by atoms with Crippen molar-refractivity contribution in [3.8, 4) is 5.75 Å². The van der Waals surface area contributed by atoms with Crippen molar-refractivity contribution in [2.24, 2.45) is 0 Å². The molecule has 1 aromatic heterocycles. The Bertz CT molecular complexity index is 385. The standard InChI is InChI=1S/C12H13NOS/c1-10(12-8-15-9-13-12)7-14-11-5-3-2-4-6-11/h2-6,8-10H,7H2,1H3. The highest BCUT2D eigenvalue weighted by Gasteiger charge is 2.07. The third-order valence-corrected chi connectivity index (χ3v) is 2.80. The number of para-hydroxylation sites is 1. The second-order valence-electron chi connectivity index (χ2n) is 3.44. The largest absolute Gasteiger partial charge is 0.493 e. The highest BCUT2D eigenvalue weighted by Crippen LogP contribution is 2.17. The molecule has 0 saturated heterocycles. The van der Waals surface area contributed by atoms with Crippen LogP contribution in [-0.2, 0) is 0 Å². The van der Waals surface area contributed by atoms with Crippen molar-refractivity contribution < 1.29 is 4.74 Å². The van der Waals surface area contributed by atoms with Crippen LogP contribution in [0.15, 0.2) is 41.2 Å². The summed E-state index contributed by atoms with van der Waals surface area (Å²) in [6.45, 7) is 2.80. The highest BCUT2D eigenvalue weighted by atomic mass is 32.1. The van der Waals surface area contributed by atoms with E-state index in [9.17, 15) is 0 Å². The minimum Gasteiger partial charge on any atom is -0.493 e. The fraction of sp³-hybridized carbons (Fsp3) is 0.250. The van der Waals surface area contributed by atoms with Crippen LogP contribution in [0, 0.1) is 0 Å². The van der Waals surface area contributed by atoms with Crippen molar-refractivity contribution in [1.29, 1.82) is 0 Å². The summed E-state index contributed by atoms with van der Waals surface area (Å²) < 4.78 is 5.66. The maximum atomic E-state index is 5.66. The first-order valence-corrected chi connectivity index (χ1v) is 5.86. The number of hydrogen-bond acceptors (Lipinski definition) is 3. The molecule has 78 valence electrons. The molecule has 2 nitrogen and oxygen atoms in total. The molecular formula is C12H13NOS. The van der Waals surface area contributed by atoms with E-state index in [1.165, 1.54) is 0 Å². The van der Waals surface area contributed by atoms with E-state index in [-0.39, 0.29) is 0 Å². The molecule has 0 N–H and O–H groups in total. The Kier molecular flexibility index (Phi) is 3.35. The molecule has 2 rings (SSSR count). The second kappa shape index (κ2) is 4.94. The van der Waals surface area contributed by atoms with Crippen molar-refractivity contribution >= 4 is 11.3 Å². The lowest BCUT2D eigenvalue weighted by atomic mass is 10.1. The topological polar surface area (TPSA) is 22.1 Å². The third-order valence-electron chi connectivity index (χ3n) is 2.20. The minimum absolute atomic E-state index is 0.344. The Balaban J connectivity index is 1.89. The molecule has 1 unspecified atom stereocenters. The van der Waals surface area contributed by atoms with Crippen LogP contribution in [0.4, 0.5) is 0 Å². The Labute approximate surface area is 93.6 Å². The summed E-state index contributed by atoms with van der Waals surface area (Å²) in [6.07, 6.45) is 0. The number of thiazole rings is 1. The molecule has 0 bridgehead atoms. The van der Waals surface area contributed by atoms with E-state index in [1.54, 1.807) is 11.3 Å². The fourth-order valence-electron chi connectivity index (χ4n) is 1.29. The van der Waals surface area contributed by atoms with Crippen LogP contribution in [-0.4, -0.2) is 11.6 Å². The van der Waals surface area contributed by atoms with Gasteiger partial charge in [-0.25, -0.2) is 4.98 Å². The summed E-state index contributed by atoms with van der Waals surface area (Å²) in [7, 11) is 0. The first-order valence-electron chi connectivity index (χ1n) is 4.92. The zero-order chi connectivity index (χ0) is 10.5. The third kappa shape index (κ3) is 2.80. The number of nitrogens with zero attached hydrogens (tertiary/aromatic N) is 1. The minimum atomic E-state index is 0.344. The molecule has 0 radical (unpaired) electrons. The van der Waals surface area contributed by atoms with E-state index in [2.05, 4.69) is 17.3 Å². The van der Waals surface area contributed by atoms with Crippen LogP contribution < -0.4 is 4.74 Å². The lowest BCUT2D eigenvalue weighted by Crippen LogP contribution is -2.07. The zero-order valence-electron chi connectivity index (χ0n) is 8.59. The lowest BCUT2D eigenvalue weighted by molar-refractivity contribution is 0.294. The van der Waals surface area contributed by atoms with Gasteiger partial charge in [0.1, 0.15) is 5.75 Å². The SMILES string of the molecule is CC(COc1ccccc1)c1cscn1. The normalized spacial score (nSPS) is 12.3. The van der Waals surface area contributed by atoms with E-state index in [0.717, 1.165) is 11.4 Å². The quantitative estimate of drug-likeness (QED) is 0.787. The van der Waals surface area contributed by atoms with Crippen molar-refractivity contribution in [2.45, 2.75) is 12.8 Å². The summed E-state index contributed by atoms with van der Waals surface area (Å²) in [5, 5.41) is 2.07. The molecule has 2 aromatic rings. The predicted molar refractivity (Wildman–Crippen MR) is 62.5 cm³/mol. The van der Waals surface area contributed by atoms with E-state index in [1.807, 2.05) is 35.8 Å². The zero-order valence-corrected chi connectivity index (χ0v) is 9.41. The van der Waals surface area contributed by atoms with Crippen LogP contribution in [0.2, 0.25) is 0 Å². The predicted octanol–water partition coefficient (Wildman–Crippen LogP) is 3.33.